The molecule has 0 amide bonds. The number of nitrogens with zero attached hydrogens (tertiary/aromatic N) is 2. The first-order valence-electron chi connectivity index (χ1n) is 4.54. The molecule has 0 saturated heterocycles. The third-order valence-electron chi connectivity index (χ3n) is 1.79. The van der Waals surface area contributed by atoms with Gasteiger partial charge in [-0.05, 0) is 0 Å². The molecule has 0 radical (unpaired) electrons. The Kier molecular flexibility index (Phi) is 5.95. The fraction of sp³-hybridized carbons (Fsp3) is 0.889. The Morgan fingerprint density at radius 2 is 1.07 bits per heavy atom. The molecule has 0 rings (SSSR count). The van der Waals surface area contributed by atoms with Crippen molar-refractivity contribution in [1.82, 2.24) is 0 Å². The fourth-order valence-corrected chi connectivity index (χ4v) is 0.568. The highest BCUT2D eigenvalue weighted by Gasteiger charge is 2.29. The molecule has 0 N–H and O–H groups in total. The minimum Gasteiger partial charge on any atom is -0.185 e. The Balaban J connectivity index is 4.73. The molecule has 15 heavy (non-hydrogen) atoms. The van der Waals surface area contributed by atoms with Gasteiger partial charge in [0.15, 0.2) is 0 Å². The van der Waals surface area contributed by atoms with Crippen molar-refractivity contribution in [2.24, 2.45) is 21.8 Å². The van der Waals surface area contributed by atoms with E-state index in [-0.39, 0.29) is 11.8 Å². The van der Waals surface area contributed by atoms with Crippen LogP contribution in [0.5, 0.6) is 0 Å². The molecule has 6 heteroatoms. The lowest BCUT2D eigenvalue weighted by molar-refractivity contribution is 0.561. The highest BCUT2D eigenvalue weighted by molar-refractivity contribution is 6.49. The summed E-state index contributed by atoms with van der Waals surface area (Å²) in [7, 11) is 0. The van der Waals surface area contributed by atoms with Crippen molar-refractivity contribution in [2.45, 2.75) is 36.6 Å². The van der Waals surface area contributed by atoms with E-state index in [1.165, 1.54) is 0 Å². The molecular formula is C9H14Cl4N2. The van der Waals surface area contributed by atoms with Crippen molar-refractivity contribution in [1.29, 1.82) is 0 Å². The smallest absolute Gasteiger partial charge is 0.185 e. The molecule has 0 atom stereocenters. The molecular weight excluding hydrogens is 278 g/mol. The summed E-state index contributed by atoms with van der Waals surface area (Å²) < 4.78 is -2.49. The van der Waals surface area contributed by atoms with Crippen molar-refractivity contribution < 1.29 is 0 Å². The van der Waals surface area contributed by atoms with Crippen LogP contribution in [0.4, 0.5) is 0 Å². The van der Waals surface area contributed by atoms with Crippen LogP contribution in [-0.2, 0) is 0 Å². The SMILES string of the molecule is CC(C)C(Cl)(Cl)N=C=NC(Cl)(Cl)C(C)C. The lowest BCUT2D eigenvalue weighted by Crippen LogP contribution is -2.19. The number of aliphatic imine (C=N–C) groups is 2. The summed E-state index contributed by atoms with van der Waals surface area (Å²) in [6, 6.07) is 2.35. The summed E-state index contributed by atoms with van der Waals surface area (Å²) >= 11 is 23.5. The second-order valence-corrected chi connectivity index (χ2v) is 6.50. The van der Waals surface area contributed by atoms with Gasteiger partial charge in [-0.25, -0.2) is 0 Å². The Morgan fingerprint density at radius 3 is 1.27 bits per heavy atom. The van der Waals surface area contributed by atoms with Gasteiger partial charge in [-0.2, -0.15) is 9.98 Å². The lowest BCUT2D eigenvalue weighted by atomic mass is 10.2. The third kappa shape index (κ3) is 5.42. The van der Waals surface area contributed by atoms with E-state index in [0.717, 1.165) is 0 Å². The quantitative estimate of drug-likeness (QED) is 0.406. The third-order valence-corrected chi connectivity index (χ3v) is 3.87. The summed E-state index contributed by atoms with van der Waals surface area (Å²) in [6.07, 6.45) is 0. The molecule has 0 aromatic carbocycles. The van der Waals surface area contributed by atoms with Gasteiger partial charge in [0, 0.05) is 11.8 Å². The predicted octanol–water partition coefficient (Wildman–Crippen LogP) is 4.74. The number of alkyl halides is 4. The van der Waals surface area contributed by atoms with Crippen LogP contribution in [0, 0.1) is 11.8 Å². The Morgan fingerprint density at radius 1 is 0.800 bits per heavy atom. The molecule has 0 bridgehead atoms. The molecule has 0 aromatic rings. The molecule has 0 saturated carbocycles. The average Bonchev–Trinajstić information content (AvgIpc) is 2.02. The maximum Gasteiger partial charge on any atom is 0.219 e. The first kappa shape index (κ1) is 15.5. The normalized spacial score (nSPS) is 12.9. The largest absolute Gasteiger partial charge is 0.219 e. The number of hydrogen-bond acceptors (Lipinski definition) is 2. The van der Waals surface area contributed by atoms with E-state index < -0.39 is 8.91 Å². The molecule has 0 fully saturated rings. The van der Waals surface area contributed by atoms with Gasteiger partial charge in [-0.3, -0.25) is 0 Å². The average molecular weight is 292 g/mol. The number of hydrogen-bond donors (Lipinski definition) is 0. The van der Waals surface area contributed by atoms with E-state index in [1.54, 1.807) is 0 Å². The zero-order chi connectivity index (χ0) is 12.3. The van der Waals surface area contributed by atoms with E-state index in [1.807, 2.05) is 27.7 Å². The molecule has 0 aliphatic heterocycles. The van der Waals surface area contributed by atoms with Gasteiger partial charge in [0.25, 0.3) is 0 Å². The van der Waals surface area contributed by atoms with Crippen LogP contribution < -0.4 is 0 Å². The van der Waals surface area contributed by atoms with Crippen molar-refractivity contribution in [3.05, 3.63) is 0 Å². The molecule has 2 nitrogen and oxygen atoms in total. The highest BCUT2D eigenvalue weighted by Crippen LogP contribution is 2.33. The summed E-state index contributed by atoms with van der Waals surface area (Å²) in [5, 5.41) is 0. The standard InChI is InChI=1S/C9H14Cl4N2/c1-6(2)8(10,11)14-5-15-9(12,13)7(3)4/h6-7H,1-4H3. The van der Waals surface area contributed by atoms with Crippen LogP contribution in [0.25, 0.3) is 0 Å². The molecule has 0 aliphatic carbocycles. The van der Waals surface area contributed by atoms with Crippen LogP contribution in [-0.4, -0.2) is 14.9 Å². The van der Waals surface area contributed by atoms with Crippen LogP contribution >= 0.6 is 46.4 Å². The summed E-state index contributed by atoms with van der Waals surface area (Å²) in [5.74, 6) is -0.106. The minimum atomic E-state index is -1.25. The zero-order valence-corrected chi connectivity index (χ0v) is 12.1. The second-order valence-electron chi connectivity index (χ2n) is 3.81. The first-order chi connectivity index (χ1) is 6.59. The Hall–Kier alpha value is 0.540. The van der Waals surface area contributed by atoms with E-state index in [2.05, 4.69) is 16.0 Å². The molecule has 0 spiro atoms. The highest BCUT2D eigenvalue weighted by atomic mass is 35.5. The van der Waals surface area contributed by atoms with Crippen molar-refractivity contribution in [3.63, 3.8) is 0 Å². The molecule has 0 aromatic heterocycles. The van der Waals surface area contributed by atoms with E-state index in [4.69, 9.17) is 46.4 Å². The molecule has 0 unspecified atom stereocenters. The lowest BCUT2D eigenvalue weighted by Gasteiger charge is -2.18. The Labute approximate surface area is 111 Å². The van der Waals surface area contributed by atoms with Gasteiger partial charge in [0.1, 0.15) is 0 Å². The van der Waals surface area contributed by atoms with Gasteiger partial charge in [0.05, 0.1) is 6.01 Å². The molecule has 88 valence electrons. The first-order valence-corrected chi connectivity index (χ1v) is 6.05. The van der Waals surface area contributed by atoms with Gasteiger partial charge in [-0.15, -0.1) is 0 Å². The van der Waals surface area contributed by atoms with E-state index in [0.29, 0.717) is 0 Å². The van der Waals surface area contributed by atoms with Crippen LogP contribution in [0.1, 0.15) is 27.7 Å². The number of rotatable bonds is 4. The summed E-state index contributed by atoms with van der Waals surface area (Å²) in [6.45, 7) is 7.34. The Bertz CT molecular complexity index is 241. The van der Waals surface area contributed by atoms with Gasteiger partial charge in [0.2, 0.25) is 8.91 Å². The van der Waals surface area contributed by atoms with Crippen molar-refractivity contribution >= 4 is 52.4 Å². The maximum absolute atomic E-state index is 5.87. The molecule has 0 heterocycles. The van der Waals surface area contributed by atoms with Crippen LogP contribution in [0.2, 0.25) is 0 Å². The van der Waals surface area contributed by atoms with Crippen molar-refractivity contribution in [3.8, 4) is 0 Å². The monoisotopic (exact) mass is 290 g/mol. The fourth-order valence-electron chi connectivity index (χ4n) is 0.417. The number of halogens is 4. The topological polar surface area (TPSA) is 24.7 Å². The van der Waals surface area contributed by atoms with Gasteiger partial charge < -0.3 is 0 Å². The summed E-state index contributed by atoms with van der Waals surface area (Å²) in [4.78, 5) is 7.54. The minimum absolute atomic E-state index is 0.0531. The van der Waals surface area contributed by atoms with E-state index >= 15 is 0 Å². The maximum atomic E-state index is 5.87. The molecule has 0 aliphatic rings. The van der Waals surface area contributed by atoms with Gasteiger partial charge in [-0.1, -0.05) is 74.1 Å². The van der Waals surface area contributed by atoms with Crippen molar-refractivity contribution in [2.75, 3.05) is 0 Å². The van der Waals surface area contributed by atoms with Gasteiger partial charge >= 0.3 is 0 Å². The van der Waals surface area contributed by atoms with Crippen LogP contribution in [0.15, 0.2) is 9.98 Å². The van der Waals surface area contributed by atoms with E-state index in [9.17, 15) is 0 Å². The predicted molar refractivity (Wildman–Crippen MR) is 68.4 cm³/mol. The zero-order valence-electron chi connectivity index (χ0n) is 9.06. The van der Waals surface area contributed by atoms with Crippen LogP contribution in [0.3, 0.4) is 0 Å². The second kappa shape index (κ2) is 5.75. The summed E-state index contributed by atoms with van der Waals surface area (Å²) in [5.41, 5.74) is 0.